The smallest absolute Gasteiger partial charge is 0.248 e. The van der Waals surface area contributed by atoms with Crippen LogP contribution >= 0.6 is 0 Å². The highest BCUT2D eigenvalue weighted by Gasteiger charge is 2.18. The lowest BCUT2D eigenvalue weighted by Gasteiger charge is -2.02. The van der Waals surface area contributed by atoms with Crippen molar-refractivity contribution in [2.75, 3.05) is 26.9 Å². The van der Waals surface area contributed by atoms with Gasteiger partial charge in [-0.25, -0.2) is 0 Å². The first kappa shape index (κ1) is 14.6. The maximum Gasteiger partial charge on any atom is 0.248 e. The lowest BCUT2D eigenvalue weighted by atomic mass is 10.2. The Bertz CT molecular complexity index is 525. The Morgan fingerprint density at radius 3 is 2.95 bits per heavy atom. The number of aromatic nitrogens is 4. The molecular formula is C12H19N5O3. The summed E-state index contributed by atoms with van der Waals surface area (Å²) in [6.45, 7) is 1.64. The third kappa shape index (κ3) is 3.86. The summed E-state index contributed by atoms with van der Waals surface area (Å²) < 4.78 is 17.1. The number of nitrogens with two attached hydrogens (primary N) is 1. The molecule has 20 heavy (non-hydrogen) atoms. The van der Waals surface area contributed by atoms with Crippen molar-refractivity contribution < 1.29 is 14.0 Å². The second-order valence-electron chi connectivity index (χ2n) is 4.33. The Labute approximate surface area is 116 Å². The van der Waals surface area contributed by atoms with Crippen LogP contribution in [0.5, 0.6) is 0 Å². The Kier molecular flexibility index (Phi) is 5.22. The molecular weight excluding hydrogens is 262 g/mol. The van der Waals surface area contributed by atoms with Crippen molar-refractivity contribution in [1.29, 1.82) is 0 Å². The van der Waals surface area contributed by atoms with E-state index in [0.717, 1.165) is 5.56 Å². The van der Waals surface area contributed by atoms with E-state index in [1.54, 1.807) is 18.0 Å². The van der Waals surface area contributed by atoms with E-state index in [-0.39, 0.29) is 0 Å². The molecule has 1 atom stereocenters. The first-order valence-corrected chi connectivity index (χ1v) is 6.34. The molecule has 0 aliphatic rings. The Morgan fingerprint density at radius 1 is 1.40 bits per heavy atom. The van der Waals surface area contributed by atoms with Gasteiger partial charge in [-0.3, -0.25) is 4.68 Å². The maximum absolute atomic E-state index is 6.04. The zero-order valence-electron chi connectivity index (χ0n) is 11.7. The van der Waals surface area contributed by atoms with Gasteiger partial charge in [0.05, 0.1) is 26.0 Å². The molecule has 0 saturated carbocycles. The van der Waals surface area contributed by atoms with Crippen LogP contribution in [-0.4, -0.2) is 46.9 Å². The van der Waals surface area contributed by atoms with Gasteiger partial charge in [0, 0.05) is 32.3 Å². The van der Waals surface area contributed by atoms with Gasteiger partial charge < -0.3 is 19.7 Å². The highest BCUT2D eigenvalue weighted by Crippen LogP contribution is 2.16. The first-order valence-electron chi connectivity index (χ1n) is 6.34. The van der Waals surface area contributed by atoms with Crippen molar-refractivity contribution in [1.82, 2.24) is 19.9 Å². The molecule has 2 heterocycles. The minimum Gasteiger partial charge on any atom is -0.382 e. The van der Waals surface area contributed by atoms with Crippen molar-refractivity contribution in [2.45, 2.75) is 12.5 Å². The lowest BCUT2D eigenvalue weighted by molar-refractivity contribution is 0.0714. The summed E-state index contributed by atoms with van der Waals surface area (Å²) in [6, 6.07) is -0.459. The van der Waals surface area contributed by atoms with Gasteiger partial charge in [0.25, 0.3) is 0 Å². The van der Waals surface area contributed by atoms with E-state index < -0.39 is 6.04 Å². The predicted octanol–water partition coefficient (Wildman–Crippen LogP) is 0.0567. The van der Waals surface area contributed by atoms with E-state index in [9.17, 15) is 0 Å². The molecule has 110 valence electrons. The summed E-state index contributed by atoms with van der Waals surface area (Å²) in [7, 11) is 3.46. The molecule has 0 radical (unpaired) electrons. The molecule has 0 aliphatic carbocycles. The van der Waals surface area contributed by atoms with Crippen LogP contribution in [-0.2, 0) is 22.9 Å². The number of rotatable bonds is 8. The van der Waals surface area contributed by atoms with Gasteiger partial charge in [-0.05, 0) is 0 Å². The van der Waals surface area contributed by atoms with Crippen LogP contribution in [0, 0.1) is 0 Å². The topological polar surface area (TPSA) is 101 Å². The quantitative estimate of drug-likeness (QED) is 0.682. The van der Waals surface area contributed by atoms with Gasteiger partial charge >= 0.3 is 0 Å². The highest BCUT2D eigenvalue weighted by molar-refractivity contribution is 5.16. The number of hydrogen-bond acceptors (Lipinski definition) is 7. The molecule has 0 aliphatic heterocycles. The number of nitrogens with zero attached hydrogens (tertiary/aromatic N) is 4. The molecule has 0 saturated heterocycles. The zero-order chi connectivity index (χ0) is 14.4. The van der Waals surface area contributed by atoms with Gasteiger partial charge in [0.15, 0.2) is 5.82 Å². The summed E-state index contributed by atoms with van der Waals surface area (Å²) in [5, 5.41) is 7.95. The average Bonchev–Trinajstić information content (AvgIpc) is 3.07. The minimum absolute atomic E-state index is 0.380. The zero-order valence-corrected chi connectivity index (χ0v) is 11.7. The van der Waals surface area contributed by atoms with Crippen LogP contribution in [0.1, 0.15) is 23.3 Å². The van der Waals surface area contributed by atoms with E-state index >= 15 is 0 Å². The fourth-order valence-electron chi connectivity index (χ4n) is 1.65. The van der Waals surface area contributed by atoms with Crippen LogP contribution < -0.4 is 5.73 Å². The summed E-state index contributed by atoms with van der Waals surface area (Å²) in [4.78, 5) is 4.26. The molecule has 1 unspecified atom stereocenters. The van der Waals surface area contributed by atoms with Crippen molar-refractivity contribution in [3.05, 3.63) is 29.7 Å². The molecule has 2 N–H and O–H groups in total. The molecule has 8 nitrogen and oxygen atoms in total. The fourth-order valence-corrected chi connectivity index (χ4v) is 1.65. The molecule has 0 amide bonds. The molecule has 2 aromatic heterocycles. The standard InChI is InChI=1S/C12H19N5O3/c1-17-8-9(7-14-17)11(13)12-15-10(16-20-12)3-4-19-6-5-18-2/h7-8,11H,3-6,13H2,1-2H3. The molecule has 2 rings (SSSR count). The van der Waals surface area contributed by atoms with Crippen molar-refractivity contribution in [2.24, 2.45) is 12.8 Å². The predicted molar refractivity (Wildman–Crippen MR) is 69.9 cm³/mol. The molecule has 0 fully saturated rings. The van der Waals surface area contributed by atoms with Crippen molar-refractivity contribution in [3.8, 4) is 0 Å². The lowest BCUT2D eigenvalue weighted by Crippen LogP contribution is -2.12. The number of ether oxygens (including phenoxy) is 2. The van der Waals surface area contributed by atoms with Gasteiger partial charge in [0.2, 0.25) is 5.89 Å². The van der Waals surface area contributed by atoms with Crippen LogP contribution in [0.25, 0.3) is 0 Å². The first-order chi connectivity index (χ1) is 9.70. The van der Waals surface area contributed by atoms with Gasteiger partial charge in [-0.1, -0.05) is 5.16 Å². The van der Waals surface area contributed by atoms with Gasteiger partial charge in [-0.15, -0.1) is 0 Å². The normalized spacial score (nSPS) is 12.8. The summed E-state index contributed by atoms with van der Waals surface area (Å²) in [5.41, 5.74) is 6.87. The fraction of sp³-hybridized carbons (Fsp3) is 0.583. The largest absolute Gasteiger partial charge is 0.382 e. The third-order valence-electron chi connectivity index (χ3n) is 2.74. The molecule has 2 aromatic rings. The van der Waals surface area contributed by atoms with Crippen molar-refractivity contribution >= 4 is 0 Å². The van der Waals surface area contributed by atoms with E-state index in [4.69, 9.17) is 19.7 Å². The molecule has 8 heteroatoms. The minimum atomic E-state index is -0.459. The van der Waals surface area contributed by atoms with E-state index in [1.165, 1.54) is 0 Å². The summed E-state index contributed by atoms with van der Waals surface area (Å²) >= 11 is 0. The monoisotopic (exact) mass is 281 g/mol. The molecule has 0 aromatic carbocycles. The summed E-state index contributed by atoms with van der Waals surface area (Å²) in [5.74, 6) is 0.960. The second kappa shape index (κ2) is 7.13. The number of aryl methyl sites for hydroxylation is 1. The van der Waals surface area contributed by atoms with E-state index in [1.807, 2.05) is 13.2 Å². The molecule has 0 bridgehead atoms. The Morgan fingerprint density at radius 2 is 2.25 bits per heavy atom. The third-order valence-corrected chi connectivity index (χ3v) is 2.74. The maximum atomic E-state index is 6.04. The van der Waals surface area contributed by atoms with Gasteiger partial charge in [0.1, 0.15) is 6.04 Å². The Hall–Kier alpha value is -1.77. The average molecular weight is 281 g/mol. The SMILES string of the molecule is COCCOCCc1noc(C(N)c2cnn(C)c2)n1. The van der Waals surface area contributed by atoms with Crippen LogP contribution in [0.3, 0.4) is 0 Å². The van der Waals surface area contributed by atoms with Crippen molar-refractivity contribution in [3.63, 3.8) is 0 Å². The van der Waals surface area contributed by atoms with Gasteiger partial charge in [-0.2, -0.15) is 10.1 Å². The van der Waals surface area contributed by atoms with Crippen LogP contribution in [0.15, 0.2) is 16.9 Å². The number of hydrogen-bond donors (Lipinski definition) is 1. The second-order valence-corrected chi connectivity index (χ2v) is 4.33. The summed E-state index contributed by atoms with van der Waals surface area (Å²) in [6.07, 6.45) is 4.08. The molecule has 0 spiro atoms. The van der Waals surface area contributed by atoms with Crippen LogP contribution in [0.4, 0.5) is 0 Å². The van der Waals surface area contributed by atoms with Crippen LogP contribution in [0.2, 0.25) is 0 Å². The van der Waals surface area contributed by atoms with E-state index in [2.05, 4.69) is 15.2 Å². The Balaban J connectivity index is 1.85. The highest BCUT2D eigenvalue weighted by atomic mass is 16.5. The number of methoxy groups -OCH3 is 1. The van der Waals surface area contributed by atoms with E-state index in [0.29, 0.717) is 38.0 Å².